The molecule has 0 rings (SSSR count). The lowest BCUT2D eigenvalue weighted by molar-refractivity contribution is -0.167. The standard InChI is InChI=1S/C50H90O6/c1-4-7-10-13-16-19-21-23-25-27-28-31-34-37-40-43-49(52)55-46-47(45-54-48(51)42-39-36-33-30-18-15-12-9-6-3)56-50(53)44-41-38-35-32-29-26-24-22-20-17-14-11-8-5-2/h16,19,21,23,26,29,47H,4-15,17-18,20,22,24-25,27-28,30-46H2,1-3H3/b19-16-,23-21-,29-26-. The van der Waals surface area contributed by atoms with E-state index in [-0.39, 0.29) is 31.1 Å². The largest absolute Gasteiger partial charge is 0.462 e. The van der Waals surface area contributed by atoms with Gasteiger partial charge in [-0.05, 0) is 70.6 Å². The molecule has 6 nitrogen and oxygen atoms in total. The average molecular weight is 787 g/mol. The number of unbranched alkanes of at least 4 members (excludes halogenated alkanes) is 27. The fourth-order valence-electron chi connectivity index (χ4n) is 6.72. The van der Waals surface area contributed by atoms with Crippen LogP contribution in [0.5, 0.6) is 0 Å². The number of hydrogen-bond donors (Lipinski definition) is 0. The van der Waals surface area contributed by atoms with Gasteiger partial charge in [0.05, 0.1) is 0 Å². The number of esters is 3. The van der Waals surface area contributed by atoms with Gasteiger partial charge in [-0.15, -0.1) is 0 Å². The average Bonchev–Trinajstić information content (AvgIpc) is 3.19. The number of ether oxygens (including phenoxy) is 3. The molecule has 0 heterocycles. The van der Waals surface area contributed by atoms with Gasteiger partial charge in [-0.1, -0.05) is 192 Å². The Morgan fingerprint density at radius 1 is 0.357 bits per heavy atom. The molecule has 0 saturated carbocycles. The molecule has 0 N–H and O–H groups in total. The van der Waals surface area contributed by atoms with Crippen LogP contribution in [0.3, 0.4) is 0 Å². The number of hydrogen-bond acceptors (Lipinski definition) is 6. The van der Waals surface area contributed by atoms with Crippen molar-refractivity contribution >= 4 is 17.9 Å². The van der Waals surface area contributed by atoms with Crippen LogP contribution >= 0.6 is 0 Å². The Labute approximate surface area is 346 Å². The molecule has 0 aromatic heterocycles. The van der Waals surface area contributed by atoms with E-state index in [4.69, 9.17) is 14.2 Å². The molecule has 0 aliphatic heterocycles. The fourth-order valence-corrected chi connectivity index (χ4v) is 6.72. The third-order valence-electron chi connectivity index (χ3n) is 10.4. The minimum Gasteiger partial charge on any atom is -0.462 e. The first-order valence-electron chi connectivity index (χ1n) is 24.0. The molecule has 0 spiro atoms. The molecule has 0 radical (unpaired) electrons. The van der Waals surface area contributed by atoms with Crippen LogP contribution in [0.2, 0.25) is 0 Å². The van der Waals surface area contributed by atoms with E-state index in [1.807, 2.05) is 0 Å². The molecule has 0 aromatic carbocycles. The van der Waals surface area contributed by atoms with Crippen LogP contribution in [0, 0.1) is 0 Å². The summed E-state index contributed by atoms with van der Waals surface area (Å²) in [5, 5.41) is 0. The molecular formula is C50H90O6. The normalized spacial score (nSPS) is 12.3. The molecule has 326 valence electrons. The maximum absolute atomic E-state index is 12.7. The zero-order valence-corrected chi connectivity index (χ0v) is 37.2. The van der Waals surface area contributed by atoms with Gasteiger partial charge in [-0.3, -0.25) is 14.4 Å². The second-order valence-electron chi connectivity index (χ2n) is 16.0. The molecule has 0 amide bonds. The predicted molar refractivity (Wildman–Crippen MR) is 238 cm³/mol. The van der Waals surface area contributed by atoms with Gasteiger partial charge in [-0.25, -0.2) is 0 Å². The monoisotopic (exact) mass is 787 g/mol. The van der Waals surface area contributed by atoms with Crippen LogP contribution < -0.4 is 0 Å². The number of carbonyl (C=O) groups is 3. The van der Waals surface area contributed by atoms with Crippen LogP contribution in [0.15, 0.2) is 36.5 Å². The third kappa shape index (κ3) is 42.8. The highest BCUT2D eigenvalue weighted by Gasteiger charge is 2.19. The number of allylic oxidation sites excluding steroid dienone is 6. The lowest BCUT2D eigenvalue weighted by atomic mass is 10.1. The van der Waals surface area contributed by atoms with Gasteiger partial charge < -0.3 is 14.2 Å². The van der Waals surface area contributed by atoms with Gasteiger partial charge in [0, 0.05) is 19.3 Å². The zero-order chi connectivity index (χ0) is 40.8. The number of carbonyl (C=O) groups excluding carboxylic acids is 3. The van der Waals surface area contributed by atoms with Crippen molar-refractivity contribution in [1.29, 1.82) is 0 Å². The first-order chi connectivity index (χ1) is 27.5. The highest BCUT2D eigenvalue weighted by atomic mass is 16.6. The summed E-state index contributed by atoms with van der Waals surface area (Å²) < 4.78 is 16.7. The molecular weight excluding hydrogens is 697 g/mol. The summed E-state index contributed by atoms with van der Waals surface area (Å²) in [5.74, 6) is -0.907. The zero-order valence-electron chi connectivity index (χ0n) is 37.2. The van der Waals surface area contributed by atoms with Gasteiger partial charge in [0.1, 0.15) is 13.2 Å². The minimum absolute atomic E-state index is 0.0801. The molecule has 0 aliphatic carbocycles. The minimum atomic E-state index is -0.779. The van der Waals surface area contributed by atoms with Gasteiger partial charge in [-0.2, -0.15) is 0 Å². The summed E-state index contributed by atoms with van der Waals surface area (Å²) >= 11 is 0. The third-order valence-corrected chi connectivity index (χ3v) is 10.4. The predicted octanol–water partition coefficient (Wildman–Crippen LogP) is 15.4. The molecule has 0 aliphatic rings. The molecule has 0 aromatic rings. The highest BCUT2D eigenvalue weighted by Crippen LogP contribution is 2.14. The summed E-state index contributed by atoms with van der Waals surface area (Å²) in [6.45, 7) is 6.56. The van der Waals surface area contributed by atoms with Crippen molar-refractivity contribution < 1.29 is 28.6 Å². The van der Waals surface area contributed by atoms with Crippen LogP contribution in [0.25, 0.3) is 0 Å². The van der Waals surface area contributed by atoms with E-state index in [2.05, 4.69) is 57.2 Å². The SMILES string of the molecule is CCCCC/C=C\C=C/CCCCCCCCC(=O)OCC(COC(=O)CCCCCCCCCCC)OC(=O)CCCCC/C=C\CCCCCCCCC. The van der Waals surface area contributed by atoms with E-state index in [0.29, 0.717) is 19.3 Å². The quantitative estimate of drug-likeness (QED) is 0.0201. The molecule has 0 saturated heterocycles. The summed E-state index contributed by atoms with van der Waals surface area (Å²) in [5.41, 5.74) is 0. The van der Waals surface area contributed by atoms with Crippen LogP contribution in [0.4, 0.5) is 0 Å². The summed E-state index contributed by atoms with van der Waals surface area (Å²) in [4.78, 5) is 37.7. The van der Waals surface area contributed by atoms with E-state index in [1.54, 1.807) is 0 Å². The molecule has 1 unspecified atom stereocenters. The van der Waals surface area contributed by atoms with E-state index in [0.717, 1.165) is 77.0 Å². The van der Waals surface area contributed by atoms with E-state index in [9.17, 15) is 14.4 Å². The Hall–Kier alpha value is -2.37. The van der Waals surface area contributed by atoms with Crippen molar-refractivity contribution in [3.63, 3.8) is 0 Å². The molecule has 0 fully saturated rings. The van der Waals surface area contributed by atoms with Crippen molar-refractivity contribution in [2.45, 2.75) is 252 Å². The fraction of sp³-hybridized carbons (Fsp3) is 0.820. The molecule has 6 heteroatoms. The van der Waals surface area contributed by atoms with Gasteiger partial charge in [0.2, 0.25) is 0 Å². The van der Waals surface area contributed by atoms with Gasteiger partial charge in [0.15, 0.2) is 6.10 Å². The summed E-state index contributed by atoms with van der Waals surface area (Å²) in [7, 11) is 0. The maximum atomic E-state index is 12.7. The van der Waals surface area contributed by atoms with Gasteiger partial charge >= 0.3 is 17.9 Å². The van der Waals surface area contributed by atoms with E-state index in [1.165, 1.54) is 128 Å². The smallest absolute Gasteiger partial charge is 0.306 e. The Morgan fingerprint density at radius 3 is 1.05 bits per heavy atom. The van der Waals surface area contributed by atoms with Crippen molar-refractivity contribution in [1.82, 2.24) is 0 Å². The summed E-state index contributed by atoms with van der Waals surface area (Å²) in [6, 6.07) is 0. The second-order valence-corrected chi connectivity index (χ2v) is 16.0. The Morgan fingerprint density at radius 2 is 0.643 bits per heavy atom. The van der Waals surface area contributed by atoms with Crippen LogP contribution in [-0.2, 0) is 28.6 Å². The first-order valence-corrected chi connectivity index (χ1v) is 24.0. The van der Waals surface area contributed by atoms with Crippen molar-refractivity contribution in [2.24, 2.45) is 0 Å². The van der Waals surface area contributed by atoms with Crippen molar-refractivity contribution in [3.05, 3.63) is 36.5 Å². The summed E-state index contributed by atoms with van der Waals surface area (Å²) in [6.07, 6.45) is 51.2. The maximum Gasteiger partial charge on any atom is 0.306 e. The lowest BCUT2D eigenvalue weighted by Gasteiger charge is -2.18. The Bertz CT molecular complexity index is 953. The molecule has 1 atom stereocenters. The topological polar surface area (TPSA) is 78.9 Å². The van der Waals surface area contributed by atoms with E-state index >= 15 is 0 Å². The van der Waals surface area contributed by atoms with Crippen LogP contribution in [0.1, 0.15) is 245 Å². The first kappa shape index (κ1) is 53.6. The number of rotatable bonds is 43. The molecule has 56 heavy (non-hydrogen) atoms. The Balaban J connectivity index is 4.37. The van der Waals surface area contributed by atoms with Gasteiger partial charge in [0.25, 0.3) is 0 Å². The van der Waals surface area contributed by atoms with Crippen molar-refractivity contribution in [2.75, 3.05) is 13.2 Å². The Kier molecular flexibility index (Phi) is 43.4. The van der Waals surface area contributed by atoms with Crippen molar-refractivity contribution in [3.8, 4) is 0 Å². The van der Waals surface area contributed by atoms with E-state index < -0.39 is 6.10 Å². The second kappa shape index (κ2) is 45.3. The highest BCUT2D eigenvalue weighted by molar-refractivity contribution is 5.71. The lowest BCUT2D eigenvalue weighted by Crippen LogP contribution is -2.30. The van der Waals surface area contributed by atoms with Crippen LogP contribution in [-0.4, -0.2) is 37.2 Å². The molecule has 0 bridgehead atoms.